The van der Waals surface area contributed by atoms with Crippen molar-refractivity contribution < 1.29 is 14.3 Å². The molecular weight excluding hydrogens is 430 g/mol. The molecule has 4 heterocycles. The Hall–Kier alpha value is -3.10. The summed E-state index contributed by atoms with van der Waals surface area (Å²) < 4.78 is 12.9. The molecule has 8 nitrogen and oxygen atoms in total. The molecule has 1 atom stereocenters. The number of amides is 1. The molecule has 1 aromatic carbocycles. The number of nitrogens with one attached hydrogen (secondary N) is 1. The lowest BCUT2D eigenvalue weighted by atomic mass is 10.0. The van der Waals surface area contributed by atoms with E-state index in [1.807, 2.05) is 47.1 Å². The fourth-order valence-electron chi connectivity index (χ4n) is 4.17. The summed E-state index contributed by atoms with van der Waals surface area (Å²) in [5, 5.41) is 8.23. The van der Waals surface area contributed by atoms with Gasteiger partial charge in [0, 0.05) is 30.7 Å². The Labute approximate surface area is 191 Å². The summed E-state index contributed by atoms with van der Waals surface area (Å²) >= 11 is 6.09. The lowest BCUT2D eigenvalue weighted by Crippen LogP contribution is -2.42. The molecule has 0 radical (unpaired) electrons. The number of benzene rings is 1. The van der Waals surface area contributed by atoms with Gasteiger partial charge < -0.3 is 14.8 Å². The molecule has 0 aliphatic carbocycles. The number of hydrogen-bond donors (Lipinski definition) is 1. The number of nitrogens with zero attached hydrogens (tertiary/aromatic N) is 4. The van der Waals surface area contributed by atoms with Gasteiger partial charge in [0.2, 0.25) is 5.88 Å². The normalized spacial score (nSPS) is 17.8. The van der Waals surface area contributed by atoms with Crippen LogP contribution < -0.4 is 14.8 Å². The van der Waals surface area contributed by atoms with Gasteiger partial charge in [-0.3, -0.25) is 14.4 Å². The summed E-state index contributed by atoms with van der Waals surface area (Å²) in [6.45, 7) is 3.41. The molecular formula is C23H24ClN5O3. The third kappa shape index (κ3) is 4.42. The predicted molar refractivity (Wildman–Crippen MR) is 119 cm³/mol. The van der Waals surface area contributed by atoms with Crippen LogP contribution in [0.15, 0.2) is 42.5 Å². The van der Waals surface area contributed by atoms with Crippen molar-refractivity contribution in [1.29, 1.82) is 0 Å². The summed E-state index contributed by atoms with van der Waals surface area (Å²) in [5.41, 5.74) is 3.40. The summed E-state index contributed by atoms with van der Waals surface area (Å²) in [6, 6.07) is 13.1. The molecule has 0 saturated heterocycles. The zero-order valence-corrected chi connectivity index (χ0v) is 18.5. The van der Waals surface area contributed by atoms with Gasteiger partial charge in [-0.15, -0.1) is 0 Å². The van der Waals surface area contributed by atoms with Crippen molar-refractivity contribution >= 4 is 17.5 Å². The van der Waals surface area contributed by atoms with Crippen LogP contribution in [0.1, 0.15) is 27.4 Å². The van der Waals surface area contributed by atoms with Gasteiger partial charge in [-0.2, -0.15) is 5.10 Å². The highest BCUT2D eigenvalue weighted by molar-refractivity contribution is 6.30. The molecule has 2 aliphatic rings. The number of carbonyl (C=O) groups excluding carboxylic acids is 1. The Bertz CT molecular complexity index is 1150. The number of halogens is 1. The van der Waals surface area contributed by atoms with Crippen molar-refractivity contribution in [2.75, 3.05) is 20.3 Å². The van der Waals surface area contributed by atoms with Crippen LogP contribution >= 0.6 is 11.6 Å². The van der Waals surface area contributed by atoms with Gasteiger partial charge in [0.25, 0.3) is 5.91 Å². The number of aromatic nitrogens is 3. The number of rotatable bonds is 5. The first-order chi connectivity index (χ1) is 15.6. The number of pyridine rings is 1. The zero-order chi connectivity index (χ0) is 22.1. The molecule has 1 amide bonds. The predicted octanol–water partition coefficient (Wildman–Crippen LogP) is 2.69. The quantitative estimate of drug-likeness (QED) is 0.639. The maximum atomic E-state index is 12.8. The molecule has 166 valence electrons. The van der Waals surface area contributed by atoms with Gasteiger partial charge in [-0.1, -0.05) is 17.7 Å². The van der Waals surface area contributed by atoms with E-state index in [0.29, 0.717) is 42.7 Å². The van der Waals surface area contributed by atoms with E-state index in [1.165, 1.54) is 0 Å². The third-order valence-electron chi connectivity index (χ3n) is 5.75. The van der Waals surface area contributed by atoms with Gasteiger partial charge in [-0.05, 0) is 42.3 Å². The van der Waals surface area contributed by atoms with Crippen molar-refractivity contribution in [1.82, 2.24) is 25.0 Å². The Morgan fingerprint density at radius 1 is 1.28 bits per heavy atom. The van der Waals surface area contributed by atoms with Crippen LogP contribution in [0.25, 0.3) is 0 Å². The Balaban J connectivity index is 1.22. The highest BCUT2D eigenvalue weighted by atomic mass is 35.5. The molecule has 0 saturated carbocycles. The van der Waals surface area contributed by atoms with Gasteiger partial charge in [-0.25, -0.2) is 4.98 Å². The van der Waals surface area contributed by atoms with E-state index in [1.54, 1.807) is 7.11 Å². The molecule has 0 fully saturated rings. The van der Waals surface area contributed by atoms with E-state index in [9.17, 15) is 4.79 Å². The first-order valence-electron chi connectivity index (χ1n) is 10.6. The molecule has 3 aromatic rings. The van der Waals surface area contributed by atoms with E-state index in [0.717, 1.165) is 35.8 Å². The van der Waals surface area contributed by atoms with Crippen molar-refractivity contribution in [3.05, 3.63) is 70.1 Å². The Morgan fingerprint density at radius 3 is 3.06 bits per heavy atom. The number of ether oxygens (including phenoxy) is 2. The highest BCUT2D eigenvalue weighted by Gasteiger charge is 2.25. The topological polar surface area (TPSA) is 81.5 Å². The summed E-state index contributed by atoms with van der Waals surface area (Å²) in [4.78, 5) is 19.6. The second-order valence-electron chi connectivity index (χ2n) is 8.06. The molecule has 0 bridgehead atoms. The van der Waals surface area contributed by atoms with Crippen LogP contribution in [0, 0.1) is 0 Å². The van der Waals surface area contributed by atoms with Gasteiger partial charge in [0.1, 0.15) is 12.4 Å². The lowest BCUT2D eigenvalue weighted by Gasteiger charge is -2.27. The lowest BCUT2D eigenvalue weighted by molar-refractivity contribution is 0.0909. The van der Waals surface area contributed by atoms with Crippen molar-refractivity contribution in [2.24, 2.45) is 0 Å². The monoisotopic (exact) mass is 453 g/mol. The highest BCUT2D eigenvalue weighted by Crippen LogP contribution is 2.27. The number of methoxy groups -OCH3 is 1. The summed E-state index contributed by atoms with van der Waals surface area (Å²) in [7, 11) is 1.62. The van der Waals surface area contributed by atoms with Gasteiger partial charge in [0.15, 0.2) is 5.69 Å². The van der Waals surface area contributed by atoms with Crippen LogP contribution in [0.3, 0.4) is 0 Å². The van der Waals surface area contributed by atoms with Crippen molar-refractivity contribution in [3.63, 3.8) is 0 Å². The summed E-state index contributed by atoms with van der Waals surface area (Å²) in [5.74, 6) is 1.25. The van der Waals surface area contributed by atoms with Crippen LogP contribution in [-0.4, -0.2) is 51.9 Å². The third-order valence-corrected chi connectivity index (χ3v) is 5.98. The first kappa shape index (κ1) is 20.8. The average molecular weight is 454 g/mol. The van der Waals surface area contributed by atoms with Crippen LogP contribution in [-0.2, 0) is 26.1 Å². The van der Waals surface area contributed by atoms with Crippen LogP contribution in [0.2, 0.25) is 5.02 Å². The second-order valence-corrected chi connectivity index (χ2v) is 8.50. The SMILES string of the molecule is COc1cccc(CN2CCn3nc(C(=O)N[C@H]4COc5ccc(Cl)cc5C4)cc3C2)n1. The fraction of sp³-hybridized carbons (Fsp3) is 0.348. The molecule has 5 rings (SSSR count). The van der Waals surface area contributed by atoms with E-state index in [4.69, 9.17) is 21.1 Å². The van der Waals surface area contributed by atoms with Gasteiger partial charge in [0.05, 0.1) is 31.1 Å². The smallest absolute Gasteiger partial charge is 0.272 e. The maximum Gasteiger partial charge on any atom is 0.272 e. The zero-order valence-electron chi connectivity index (χ0n) is 17.8. The fourth-order valence-corrected chi connectivity index (χ4v) is 4.36. The van der Waals surface area contributed by atoms with E-state index in [-0.39, 0.29) is 11.9 Å². The molecule has 0 unspecified atom stereocenters. The van der Waals surface area contributed by atoms with Gasteiger partial charge >= 0.3 is 0 Å². The standard InChI is InChI=1S/C23H24ClN5O3/c1-31-22-4-2-3-17(25-22)12-28-7-8-29-19(13-28)11-20(27-29)23(30)26-18-10-15-9-16(24)5-6-21(15)32-14-18/h2-6,9,11,18H,7-8,10,12-14H2,1H3,(H,26,30)/t18-/m1/s1. The molecule has 2 aliphatic heterocycles. The molecule has 9 heteroatoms. The molecule has 0 spiro atoms. The van der Waals surface area contributed by atoms with E-state index < -0.39 is 0 Å². The minimum absolute atomic E-state index is 0.122. The molecule has 1 N–H and O–H groups in total. The van der Waals surface area contributed by atoms with Crippen molar-refractivity contribution in [3.8, 4) is 11.6 Å². The van der Waals surface area contributed by atoms with Crippen LogP contribution in [0.4, 0.5) is 0 Å². The van der Waals surface area contributed by atoms with Crippen molar-refractivity contribution in [2.45, 2.75) is 32.1 Å². The number of carbonyl (C=O) groups is 1. The largest absolute Gasteiger partial charge is 0.491 e. The molecule has 2 aromatic heterocycles. The van der Waals surface area contributed by atoms with Crippen LogP contribution in [0.5, 0.6) is 11.6 Å². The summed E-state index contributed by atoms with van der Waals surface area (Å²) in [6.07, 6.45) is 0.677. The maximum absolute atomic E-state index is 12.8. The molecule has 32 heavy (non-hydrogen) atoms. The second kappa shape index (κ2) is 8.80. The minimum atomic E-state index is -0.188. The minimum Gasteiger partial charge on any atom is -0.491 e. The average Bonchev–Trinajstić information content (AvgIpc) is 3.22. The number of fused-ring (bicyclic) bond motifs is 2. The van der Waals surface area contributed by atoms with E-state index in [2.05, 4.69) is 20.3 Å². The Morgan fingerprint density at radius 2 is 2.19 bits per heavy atom. The first-order valence-corrected chi connectivity index (χ1v) is 11.0. The number of hydrogen-bond acceptors (Lipinski definition) is 6. The Kier molecular flexibility index (Phi) is 5.71. The van der Waals surface area contributed by atoms with E-state index >= 15 is 0 Å².